The second kappa shape index (κ2) is 16.5. The Kier molecular flexibility index (Phi) is 14.2. The van der Waals surface area contributed by atoms with Crippen LogP contribution in [0.4, 0.5) is 4.79 Å². The summed E-state index contributed by atoms with van der Waals surface area (Å²) in [5, 5.41) is 5.46. The molecule has 2 N–H and O–H groups in total. The summed E-state index contributed by atoms with van der Waals surface area (Å²) in [6.07, 6.45) is 7.32. The zero-order chi connectivity index (χ0) is 26.2. The Morgan fingerprint density at radius 3 is 2.43 bits per heavy atom. The summed E-state index contributed by atoms with van der Waals surface area (Å²) in [6.45, 7) is 5.31. The van der Waals surface area contributed by atoms with Crippen molar-refractivity contribution in [3.63, 3.8) is 0 Å². The Bertz CT molecular complexity index is 839. The highest BCUT2D eigenvalue weighted by molar-refractivity contribution is 5.77. The fraction of sp³-hybridized carbons (Fsp3) is 0.577. The van der Waals surface area contributed by atoms with Crippen LogP contribution in [0.25, 0.3) is 0 Å². The predicted molar refractivity (Wildman–Crippen MR) is 137 cm³/mol. The summed E-state index contributed by atoms with van der Waals surface area (Å²) in [5.41, 5.74) is 0.828. The van der Waals surface area contributed by atoms with Gasteiger partial charge in [0.05, 0.1) is 13.8 Å². The van der Waals surface area contributed by atoms with E-state index in [2.05, 4.69) is 36.6 Å². The number of methoxy groups -OCH3 is 1. The number of allylic oxidation sites excluding steroid dienone is 2. The lowest BCUT2D eigenvalue weighted by molar-refractivity contribution is -0.130. The maximum Gasteiger partial charge on any atom is 0.414 e. The number of hydrogen-bond acceptors (Lipinski definition) is 6. The van der Waals surface area contributed by atoms with Crippen LogP contribution >= 0.6 is 0 Å². The molecule has 1 aromatic rings. The first-order valence-corrected chi connectivity index (χ1v) is 12.1. The van der Waals surface area contributed by atoms with Gasteiger partial charge in [0, 0.05) is 33.0 Å². The van der Waals surface area contributed by atoms with Gasteiger partial charge >= 0.3 is 6.09 Å². The topological polar surface area (TPSA) is 100 Å². The van der Waals surface area contributed by atoms with Gasteiger partial charge in [0.2, 0.25) is 11.8 Å². The van der Waals surface area contributed by atoms with Crippen molar-refractivity contribution in [2.45, 2.75) is 52.5 Å². The Morgan fingerprint density at radius 1 is 1.03 bits per heavy atom. The summed E-state index contributed by atoms with van der Waals surface area (Å²) in [4.78, 5) is 39.7. The molecule has 0 bridgehead atoms. The molecule has 1 aromatic carbocycles. The van der Waals surface area contributed by atoms with Gasteiger partial charge in [-0.3, -0.25) is 9.59 Å². The lowest BCUT2D eigenvalue weighted by Gasteiger charge is -2.19. The standard InChI is InChI=1S/C26H42N4O5/c1-20(2)11-9-7-8-10-12-24(31)27-18-21-13-14-22(23(17-21)34-6)35-26(33)28-19-30(5)25(32)15-16-29(3)4/h9,11,13-14,17,20H,7-8,10,12,15-16,18-19H2,1-6H3,(H,27,31)(H,28,33)/b11-9+. The largest absolute Gasteiger partial charge is 0.493 e. The summed E-state index contributed by atoms with van der Waals surface area (Å²) < 4.78 is 10.7. The maximum atomic E-state index is 12.2. The van der Waals surface area contributed by atoms with Crippen LogP contribution < -0.4 is 20.1 Å². The minimum absolute atomic E-state index is 0.000703. The third kappa shape index (κ3) is 13.4. The summed E-state index contributed by atoms with van der Waals surface area (Å²) in [7, 11) is 6.88. The molecule has 1 rings (SSSR count). The zero-order valence-electron chi connectivity index (χ0n) is 22.1. The normalized spacial score (nSPS) is 11.1. The lowest BCUT2D eigenvalue weighted by Crippen LogP contribution is -2.40. The molecule has 3 amide bonds. The van der Waals surface area contributed by atoms with E-state index in [1.807, 2.05) is 19.0 Å². The summed E-state index contributed by atoms with van der Waals surface area (Å²) in [5.74, 6) is 1.10. The first-order chi connectivity index (χ1) is 16.6. The number of benzene rings is 1. The van der Waals surface area contributed by atoms with E-state index in [1.54, 1.807) is 25.2 Å². The third-order valence-electron chi connectivity index (χ3n) is 5.13. The van der Waals surface area contributed by atoms with Gasteiger partial charge in [0.15, 0.2) is 11.5 Å². The van der Waals surface area contributed by atoms with Gasteiger partial charge in [0.25, 0.3) is 0 Å². The van der Waals surface area contributed by atoms with E-state index in [-0.39, 0.29) is 24.2 Å². The third-order valence-corrected chi connectivity index (χ3v) is 5.13. The van der Waals surface area contributed by atoms with Crippen molar-refractivity contribution >= 4 is 17.9 Å². The molecule has 0 aliphatic heterocycles. The number of nitrogens with zero attached hydrogens (tertiary/aromatic N) is 2. The fourth-order valence-corrected chi connectivity index (χ4v) is 3.03. The molecule has 196 valence electrons. The van der Waals surface area contributed by atoms with Crippen molar-refractivity contribution in [3.8, 4) is 11.5 Å². The van der Waals surface area contributed by atoms with E-state index in [1.165, 1.54) is 12.0 Å². The minimum Gasteiger partial charge on any atom is -0.493 e. The van der Waals surface area contributed by atoms with Gasteiger partial charge in [-0.1, -0.05) is 32.1 Å². The SMILES string of the molecule is COc1cc(CNC(=O)CCCC/C=C/C(C)C)ccc1OC(=O)NCN(C)C(=O)CCN(C)C. The Hall–Kier alpha value is -3.07. The van der Waals surface area contributed by atoms with Crippen LogP contribution in [0.3, 0.4) is 0 Å². The molecular weight excluding hydrogens is 448 g/mol. The van der Waals surface area contributed by atoms with Crippen molar-refractivity contribution < 1.29 is 23.9 Å². The van der Waals surface area contributed by atoms with Crippen LogP contribution in [0.2, 0.25) is 0 Å². The van der Waals surface area contributed by atoms with Crippen molar-refractivity contribution in [2.75, 3.05) is 41.5 Å². The Morgan fingerprint density at radius 2 is 1.77 bits per heavy atom. The van der Waals surface area contributed by atoms with Crippen LogP contribution in [0.5, 0.6) is 11.5 Å². The monoisotopic (exact) mass is 490 g/mol. The van der Waals surface area contributed by atoms with Crippen LogP contribution in [-0.2, 0) is 16.1 Å². The van der Waals surface area contributed by atoms with Gasteiger partial charge < -0.3 is 29.9 Å². The molecule has 9 heteroatoms. The highest BCUT2D eigenvalue weighted by Gasteiger charge is 2.14. The van der Waals surface area contributed by atoms with E-state index in [4.69, 9.17) is 9.47 Å². The van der Waals surface area contributed by atoms with Gasteiger partial charge in [-0.05, 0) is 57.0 Å². The minimum atomic E-state index is -0.695. The first-order valence-electron chi connectivity index (χ1n) is 12.1. The molecule has 9 nitrogen and oxygen atoms in total. The van der Waals surface area contributed by atoms with Crippen molar-refractivity contribution in [2.24, 2.45) is 5.92 Å². The van der Waals surface area contributed by atoms with Gasteiger partial charge in [-0.25, -0.2) is 4.79 Å². The van der Waals surface area contributed by atoms with E-state index >= 15 is 0 Å². The van der Waals surface area contributed by atoms with Crippen molar-refractivity contribution in [3.05, 3.63) is 35.9 Å². The highest BCUT2D eigenvalue weighted by atomic mass is 16.6. The number of unbranched alkanes of at least 4 members (excludes halogenated alkanes) is 2. The molecule has 0 unspecified atom stereocenters. The van der Waals surface area contributed by atoms with Crippen LogP contribution in [-0.4, -0.2) is 69.2 Å². The summed E-state index contributed by atoms with van der Waals surface area (Å²) in [6, 6.07) is 5.10. The molecule has 0 heterocycles. The lowest BCUT2D eigenvalue weighted by atomic mass is 10.1. The first kappa shape index (κ1) is 30.0. The quantitative estimate of drug-likeness (QED) is 0.222. The second-order valence-electron chi connectivity index (χ2n) is 9.05. The van der Waals surface area contributed by atoms with Crippen LogP contribution in [0.1, 0.15) is 51.5 Å². The second-order valence-corrected chi connectivity index (χ2v) is 9.05. The number of nitrogens with one attached hydrogen (secondary N) is 2. The molecule has 0 saturated heterocycles. The maximum absolute atomic E-state index is 12.2. The number of carbonyl (C=O) groups excluding carboxylic acids is 3. The van der Waals surface area contributed by atoms with Gasteiger partial charge in [0.1, 0.15) is 0 Å². The van der Waals surface area contributed by atoms with Gasteiger partial charge in [-0.2, -0.15) is 0 Å². The van der Waals surface area contributed by atoms with E-state index in [9.17, 15) is 14.4 Å². The Balaban J connectivity index is 2.45. The van der Waals surface area contributed by atoms with E-state index in [0.717, 1.165) is 24.8 Å². The van der Waals surface area contributed by atoms with Crippen LogP contribution in [0.15, 0.2) is 30.4 Å². The van der Waals surface area contributed by atoms with Crippen molar-refractivity contribution in [1.82, 2.24) is 20.4 Å². The molecule has 0 saturated carbocycles. The molecule has 0 aliphatic carbocycles. The molecule has 0 fully saturated rings. The number of carbonyl (C=O) groups is 3. The molecule has 0 spiro atoms. The van der Waals surface area contributed by atoms with E-state index in [0.29, 0.717) is 37.6 Å². The Labute approximate surface area is 209 Å². The summed E-state index contributed by atoms with van der Waals surface area (Å²) >= 11 is 0. The molecule has 0 aromatic heterocycles. The highest BCUT2D eigenvalue weighted by Crippen LogP contribution is 2.28. The smallest absolute Gasteiger partial charge is 0.414 e. The molecular formula is C26H42N4O5. The van der Waals surface area contributed by atoms with Crippen molar-refractivity contribution in [1.29, 1.82) is 0 Å². The average Bonchev–Trinajstić information content (AvgIpc) is 2.82. The van der Waals surface area contributed by atoms with E-state index < -0.39 is 6.09 Å². The average molecular weight is 491 g/mol. The number of hydrogen-bond donors (Lipinski definition) is 2. The molecule has 0 atom stereocenters. The number of ether oxygens (including phenoxy) is 2. The van der Waals surface area contributed by atoms with Crippen LogP contribution in [0, 0.1) is 5.92 Å². The zero-order valence-corrected chi connectivity index (χ0v) is 22.1. The fourth-order valence-electron chi connectivity index (χ4n) is 3.03. The van der Waals surface area contributed by atoms with Gasteiger partial charge in [-0.15, -0.1) is 0 Å². The molecule has 35 heavy (non-hydrogen) atoms. The number of rotatable bonds is 15. The molecule has 0 radical (unpaired) electrons. The number of amides is 3. The molecule has 0 aliphatic rings. The predicted octanol–water partition coefficient (Wildman–Crippen LogP) is 3.54.